The van der Waals surface area contributed by atoms with Gasteiger partial charge in [-0.15, -0.1) is 11.8 Å². The quantitative estimate of drug-likeness (QED) is 0.0567. The number of aliphatic hydroxyl groups excluding tert-OH is 2. The molecular formula is C26H39N5O30P6. The largest absolute Gasteiger partial charge is 0.490 e. The van der Waals surface area contributed by atoms with Gasteiger partial charge in [0.25, 0.3) is 11.1 Å². The molecule has 0 radical (unpaired) electrons. The Hall–Kier alpha value is -3.01. The van der Waals surface area contributed by atoms with Gasteiger partial charge in [-0.3, -0.25) is 33.2 Å². The maximum absolute atomic E-state index is 12.3. The van der Waals surface area contributed by atoms with Gasteiger partial charge in [0, 0.05) is 11.8 Å². The zero-order chi connectivity index (χ0) is 51.7. The van der Waals surface area contributed by atoms with Gasteiger partial charge in [0.2, 0.25) is 5.60 Å². The van der Waals surface area contributed by atoms with Gasteiger partial charge in [0.05, 0.1) is 12.2 Å². The predicted octanol–water partition coefficient (Wildman–Crippen LogP) is -3.73. The van der Waals surface area contributed by atoms with Crippen LogP contribution in [-0.2, 0) is 63.2 Å². The van der Waals surface area contributed by atoms with Crippen molar-refractivity contribution >= 4 is 46.9 Å². The van der Waals surface area contributed by atoms with E-state index in [9.17, 15) is 86.6 Å². The van der Waals surface area contributed by atoms with Crippen LogP contribution in [0.4, 0.5) is 0 Å². The number of H-pyrrole nitrogens is 2. The fourth-order valence-corrected chi connectivity index (χ4v) is 12.3. The first-order valence-corrected chi connectivity index (χ1v) is 26.4. The molecule has 14 N–H and O–H groups in total. The van der Waals surface area contributed by atoms with Crippen LogP contribution in [0.5, 0.6) is 0 Å². The van der Waals surface area contributed by atoms with Crippen molar-refractivity contribution in [2.45, 2.75) is 94.9 Å². The van der Waals surface area contributed by atoms with Gasteiger partial charge in [0.15, 0.2) is 18.1 Å². The molecule has 2 fully saturated rings. The maximum atomic E-state index is 12.3. The third kappa shape index (κ3) is 15.2. The number of ether oxygens (including phenoxy) is 2. The molecule has 14 atom stereocenters. The average molecular weight is 1090 g/mol. The summed E-state index contributed by atoms with van der Waals surface area (Å²) in [6.07, 6.45) is -14.1. The van der Waals surface area contributed by atoms with Gasteiger partial charge in [-0.25, -0.2) is 37.0 Å². The Morgan fingerprint density at radius 3 is 1.42 bits per heavy atom. The van der Waals surface area contributed by atoms with Crippen molar-refractivity contribution in [1.82, 2.24) is 24.3 Å². The smallest absolute Gasteiger partial charge is 0.386 e. The van der Waals surface area contributed by atoms with Crippen molar-refractivity contribution in [3.05, 3.63) is 59.6 Å². The molecule has 2 saturated heterocycles. The van der Waals surface area contributed by atoms with Gasteiger partial charge in [-0.1, -0.05) is 11.8 Å². The third-order valence-corrected chi connectivity index (χ3v) is 16.1. The van der Waals surface area contributed by atoms with Crippen molar-refractivity contribution in [1.29, 1.82) is 0 Å². The van der Waals surface area contributed by atoms with Crippen molar-refractivity contribution in [2.75, 3.05) is 0 Å². The van der Waals surface area contributed by atoms with E-state index in [-0.39, 0.29) is 5.69 Å². The van der Waals surface area contributed by atoms with E-state index in [4.69, 9.17) is 29.0 Å². The molecule has 67 heavy (non-hydrogen) atoms. The molecule has 378 valence electrons. The fourth-order valence-electron chi connectivity index (χ4n) is 5.94. The summed E-state index contributed by atoms with van der Waals surface area (Å²) in [4.78, 5) is 123. The number of rotatable bonds is 16. The van der Waals surface area contributed by atoms with Crippen LogP contribution in [0.1, 0.15) is 45.8 Å². The SMILES string of the molecule is CC#CC1(O)[C@@H](O)[C@@H]([C@@H](C)OP(=O)(O)OP(=O)(O)OP(=O)(O)O)O[C@H]1n1c(C)cc(=O)[nH]c1=O.CC#CC1(O)[C@@H](O)[C@@H]([C@@H](C)OP(=O)(O)OP(=O)(O)OP(=O)(O)O)O[C@H]1n1ncc(=O)[nH]c1=O. The highest BCUT2D eigenvalue weighted by atomic mass is 31.3. The van der Waals surface area contributed by atoms with Crippen LogP contribution >= 0.6 is 46.9 Å². The van der Waals surface area contributed by atoms with E-state index in [1.54, 1.807) is 0 Å². The molecule has 0 spiro atoms. The van der Waals surface area contributed by atoms with E-state index in [1.807, 2.05) is 9.97 Å². The number of aliphatic hydroxyl groups is 4. The molecular weight excluding hydrogens is 1050 g/mol. The Balaban J connectivity index is 0.000000355. The van der Waals surface area contributed by atoms with E-state index in [0.717, 1.165) is 24.5 Å². The minimum absolute atomic E-state index is 0.0107. The van der Waals surface area contributed by atoms with Crippen LogP contribution in [0, 0.1) is 30.6 Å². The summed E-state index contributed by atoms with van der Waals surface area (Å²) >= 11 is 0. The Labute approximate surface area is 371 Å². The van der Waals surface area contributed by atoms with Crippen LogP contribution in [0.25, 0.3) is 0 Å². The first-order valence-electron chi connectivity index (χ1n) is 17.4. The molecule has 6 unspecified atom stereocenters. The molecule has 2 aromatic rings. The Morgan fingerprint density at radius 2 is 1.04 bits per heavy atom. The Morgan fingerprint density at radius 1 is 0.657 bits per heavy atom. The molecule has 0 aromatic carbocycles. The lowest BCUT2D eigenvalue weighted by Gasteiger charge is -2.28. The summed E-state index contributed by atoms with van der Waals surface area (Å²) in [6.45, 7) is 5.82. The van der Waals surface area contributed by atoms with Gasteiger partial charge in [0.1, 0.15) is 30.6 Å². The molecule has 0 saturated carbocycles. The number of aromatic nitrogens is 5. The molecule has 2 aromatic heterocycles. The monoisotopic (exact) mass is 1090 g/mol. The summed E-state index contributed by atoms with van der Waals surface area (Å²) in [5, 5.41) is 46.6. The highest BCUT2D eigenvalue weighted by Gasteiger charge is 2.60. The van der Waals surface area contributed by atoms with E-state index >= 15 is 0 Å². The first-order chi connectivity index (χ1) is 30.2. The van der Waals surface area contributed by atoms with Gasteiger partial charge in [-0.2, -0.15) is 27.0 Å². The molecule has 2 aliphatic heterocycles. The Bertz CT molecular complexity index is 2850. The van der Waals surface area contributed by atoms with Crippen LogP contribution in [-0.4, -0.2) is 132 Å². The topological polar surface area (TPSA) is 542 Å². The van der Waals surface area contributed by atoms with Crippen molar-refractivity contribution in [2.24, 2.45) is 0 Å². The lowest BCUT2D eigenvalue weighted by Crippen LogP contribution is -2.49. The highest BCUT2D eigenvalue weighted by Crippen LogP contribution is 2.68. The fraction of sp³-hybridized carbons (Fsp3) is 0.577. The maximum Gasteiger partial charge on any atom is 0.490 e. The number of phosphoric ester groups is 2. The second kappa shape index (κ2) is 21.1. The molecule has 41 heteroatoms. The standard InChI is InChI=1S/C14H21N2O15P3.C12H18N3O15P3/c1-4-5-14(20)11(18)10(28-12(14)16-7(2)6-9(17)15-13(16)19)8(3)29-33(24,25)31-34(26,27)30-32(21,22)23;1-3-4-12(19)9(17)8(27-10(12)15-11(18)14-7(16)5-13-15)6(2)28-32(23,24)30-33(25,26)29-31(20,21)22/h6,8,10-12,18,20H,1-3H3,(H,24,25)(H,26,27)(H,15,17,19)(H2,21,22,23);5-6,8-10,17,19H,1-2H3,(H,23,24)(H,25,26)(H,14,16,18)(H2,20,21,22)/t8-,10-,11+,12-,14?;6-,8-,9+,10-,12?/m11/s1. The summed E-state index contributed by atoms with van der Waals surface area (Å²) in [5.74, 6) is 9.09. The van der Waals surface area contributed by atoms with Crippen LogP contribution in [0.15, 0.2) is 31.4 Å². The number of aromatic amines is 2. The van der Waals surface area contributed by atoms with Crippen LogP contribution in [0.3, 0.4) is 0 Å². The van der Waals surface area contributed by atoms with Crippen molar-refractivity contribution in [3.8, 4) is 23.7 Å². The summed E-state index contributed by atoms with van der Waals surface area (Å²) in [7, 11) is -34.1. The normalized spacial score (nSPS) is 29.7. The number of hydrogen-bond acceptors (Lipinski definition) is 23. The summed E-state index contributed by atoms with van der Waals surface area (Å²) in [6, 6.07) is 0.986. The zero-order valence-corrected chi connectivity index (χ0v) is 39.4. The van der Waals surface area contributed by atoms with Crippen molar-refractivity contribution in [3.63, 3.8) is 0 Å². The molecule has 35 nitrogen and oxygen atoms in total. The van der Waals surface area contributed by atoms with Crippen LogP contribution < -0.4 is 22.5 Å². The Kier molecular flexibility index (Phi) is 18.4. The van der Waals surface area contributed by atoms with Crippen LogP contribution in [0.2, 0.25) is 0 Å². The molecule has 4 heterocycles. The molecule has 0 bridgehead atoms. The first kappa shape index (κ1) is 58.3. The molecule has 2 aliphatic rings. The predicted molar refractivity (Wildman–Crippen MR) is 211 cm³/mol. The minimum atomic E-state index is -5.81. The van der Waals surface area contributed by atoms with E-state index in [2.05, 4.69) is 55.1 Å². The molecule has 0 aliphatic carbocycles. The number of nitrogens with zero attached hydrogens (tertiary/aromatic N) is 3. The van der Waals surface area contributed by atoms with E-state index in [0.29, 0.717) is 10.9 Å². The van der Waals surface area contributed by atoms with E-state index < -0.39 is 130 Å². The molecule has 4 rings (SSSR count). The number of aryl methyl sites for hydroxylation is 1. The van der Waals surface area contributed by atoms with Gasteiger partial charge in [-0.05, 0) is 34.6 Å². The minimum Gasteiger partial charge on any atom is -0.386 e. The average Bonchev–Trinajstić information content (AvgIpc) is 3.49. The number of phosphoric acid groups is 6. The molecule has 0 amide bonds. The second-order valence-electron chi connectivity index (χ2n) is 13.3. The lowest BCUT2D eigenvalue weighted by atomic mass is 9.92. The highest BCUT2D eigenvalue weighted by molar-refractivity contribution is 7.67. The van der Waals surface area contributed by atoms with E-state index in [1.165, 1.54) is 20.8 Å². The summed E-state index contributed by atoms with van der Waals surface area (Å²) in [5.41, 5.74) is -8.96. The van der Waals surface area contributed by atoms with Gasteiger partial charge < -0.3 is 69.0 Å². The third-order valence-electron chi connectivity index (χ3n) is 8.22. The number of nitrogens with one attached hydrogen (secondary N) is 2. The van der Waals surface area contributed by atoms with Crippen molar-refractivity contribution < 1.29 is 123 Å². The summed E-state index contributed by atoms with van der Waals surface area (Å²) < 4.78 is 104. The zero-order valence-electron chi connectivity index (χ0n) is 34.0. The number of hydrogen-bond donors (Lipinski definition) is 14. The lowest BCUT2D eigenvalue weighted by molar-refractivity contribution is -0.0933. The second-order valence-corrected chi connectivity index (χ2v) is 22.1. The van der Waals surface area contributed by atoms with Gasteiger partial charge >= 0.3 is 58.3 Å².